The molecule has 2 saturated heterocycles. The predicted molar refractivity (Wildman–Crippen MR) is 121 cm³/mol. The number of carbonyl (C=O) groups excluding carboxylic acids is 1. The summed E-state index contributed by atoms with van der Waals surface area (Å²) >= 11 is 6.03. The first-order chi connectivity index (χ1) is 16.2. The molecule has 12 heteroatoms. The van der Waals surface area contributed by atoms with Crippen LogP contribution in [0.4, 0.5) is 29.5 Å². The summed E-state index contributed by atoms with van der Waals surface area (Å²) in [6.45, 7) is 8.96. The van der Waals surface area contributed by atoms with Crippen molar-refractivity contribution in [1.82, 2.24) is 19.9 Å². The van der Waals surface area contributed by atoms with Crippen molar-refractivity contribution in [1.29, 1.82) is 0 Å². The van der Waals surface area contributed by atoms with Crippen molar-refractivity contribution in [2.75, 3.05) is 36.0 Å². The number of pyridine rings is 1. The number of carbonyl (C=O) groups is 1. The number of aromatic nitrogens is 3. The maximum Gasteiger partial charge on any atom is 0.433 e. The van der Waals surface area contributed by atoms with Gasteiger partial charge in [0.1, 0.15) is 23.4 Å². The molecule has 2 fully saturated rings. The van der Waals surface area contributed by atoms with Gasteiger partial charge >= 0.3 is 12.3 Å². The third-order valence-corrected chi connectivity index (χ3v) is 6.16. The zero-order valence-electron chi connectivity index (χ0n) is 19.2. The van der Waals surface area contributed by atoms with Crippen molar-refractivity contribution in [3.63, 3.8) is 0 Å². The van der Waals surface area contributed by atoms with Gasteiger partial charge in [-0.3, -0.25) is 9.88 Å². The van der Waals surface area contributed by atoms with E-state index in [0.717, 1.165) is 48.8 Å². The van der Waals surface area contributed by atoms with Crippen molar-refractivity contribution in [2.45, 2.75) is 52.6 Å². The number of nitrogens with zero attached hydrogens (tertiary/aromatic N) is 6. The Morgan fingerprint density at radius 3 is 2.47 bits per heavy atom. The van der Waals surface area contributed by atoms with Crippen LogP contribution in [-0.2, 0) is 24.0 Å². The monoisotopic (exact) mass is 498 g/mol. The van der Waals surface area contributed by atoms with Crippen molar-refractivity contribution in [3.05, 3.63) is 40.1 Å². The number of aryl methyl sites for hydroxylation is 1. The molecule has 5 heterocycles. The minimum Gasteiger partial charge on any atom is -0.442 e. The van der Waals surface area contributed by atoms with Gasteiger partial charge < -0.3 is 14.5 Å². The van der Waals surface area contributed by atoms with Crippen LogP contribution in [0.5, 0.6) is 0 Å². The van der Waals surface area contributed by atoms with E-state index in [1.165, 1.54) is 0 Å². The lowest BCUT2D eigenvalue weighted by molar-refractivity contribution is -0.141. The van der Waals surface area contributed by atoms with Crippen LogP contribution in [0, 0.1) is 6.92 Å². The maximum absolute atomic E-state index is 12.9. The summed E-state index contributed by atoms with van der Waals surface area (Å²) in [5.41, 5.74) is 0.988. The Morgan fingerprint density at radius 2 is 1.85 bits per heavy atom. The second-order valence-corrected chi connectivity index (χ2v) is 8.55. The van der Waals surface area contributed by atoms with Gasteiger partial charge in [0.15, 0.2) is 0 Å². The van der Waals surface area contributed by atoms with E-state index in [2.05, 4.69) is 19.9 Å². The van der Waals surface area contributed by atoms with Crippen LogP contribution >= 0.6 is 11.6 Å². The normalized spacial score (nSPS) is 17.4. The molecular weight excluding hydrogens is 473 g/mol. The van der Waals surface area contributed by atoms with E-state index in [0.29, 0.717) is 18.9 Å². The summed E-state index contributed by atoms with van der Waals surface area (Å²) < 4.78 is 44.4. The van der Waals surface area contributed by atoms with E-state index in [-0.39, 0.29) is 23.8 Å². The van der Waals surface area contributed by atoms with E-state index in [4.69, 9.17) is 16.3 Å². The number of alkyl halides is 3. The highest BCUT2D eigenvalue weighted by atomic mass is 35.5. The fourth-order valence-electron chi connectivity index (χ4n) is 4.03. The van der Waals surface area contributed by atoms with Gasteiger partial charge in [-0.25, -0.2) is 14.8 Å². The molecule has 0 bridgehead atoms. The van der Waals surface area contributed by atoms with Crippen LogP contribution in [0.3, 0.4) is 0 Å². The number of hydrogen-bond acceptors (Lipinski definition) is 7. The molecule has 0 spiro atoms. The van der Waals surface area contributed by atoms with Gasteiger partial charge in [-0.2, -0.15) is 13.2 Å². The summed E-state index contributed by atoms with van der Waals surface area (Å²) in [6.07, 6.45) is -3.37. The Balaban J connectivity index is 0.00000133. The minimum atomic E-state index is -4.56. The maximum atomic E-state index is 12.9. The molecule has 0 radical (unpaired) electrons. The van der Waals surface area contributed by atoms with Gasteiger partial charge in [-0.1, -0.05) is 25.4 Å². The molecule has 5 rings (SSSR count). The smallest absolute Gasteiger partial charge is 0.433 e. The molecule has 1 amide bonds. The van der Waals surface area contributed by atoms with Crippen LogP contribution in [0.15, 0.2) is 12.3 Å². The molecule has 0 N–H and O–H groups in total. The highest BCUT2D eigenvalue weighted by molar-refractivity contribution is 6.33. The Bertz CT molecular complexity index is 1070. The minimum absolute atomic E-state index is 0.116. The van der Waals surface area contributed by atoms with E-state index in [9.17, 15) is 18.0 Å². The van der Waals surface area contributed by atoms with Crippen molar-refractivity contribution in [2.24, 2.45) is 0 Å². The fourth-order valence-corrected chi connectivity index (χ4v) is 4.25. The van der Waals surface area contributed by atoms with Gasteiger partial charge in [0, 0.05) is 24.8 Å². The molecule has 0 aliphatic carbocycles. The first-order valence-electron chi connectivity index (χ1n) is 11.2. The molecule has 2 aromatic heterocycles. The van der Waals surface area contributed by atoms with Crippen LogP contribution in [-0.4, -0.2) is 58.2 Å². The second-order valence-electron chi connectivity index (χ2n) is 8.15. The van der Waals surface area contributed by atoms with Gasteiger partial charge in [-0.15, -0.1) is 0 Å². The largest absolute Gasteiger partial charge is 0.442 e. The van der Waals surface area contributed by atoms with Gasteiger partial charge in [0.2, 0.25) is 0 Å². The Morgan fingerprint density at radius 1 is 1.15 bits per heavy atom. The Hall–Kier alpha value is -2.82. The summed E-state index contributed by atoms with van der Waals surface area (Å²) in [5.74, 6) is 1.56. The van der Waals surface area contributed by atoms with E-state index in [1.807, 2.05) is 20.8 Å². The van der Waals surface area contributed by atoms with Crippen molar-refractivity contribution in [3.8, 4) is 0 Å². The van der Waals surface area contributed by atoms with Crippen LogP contribution < -0.4 is 9.80 Å². The molecule has 0 aromatic carbocycles. The summed E-state index contributed by atoms with van der Waals surface area (Å²) in [6, 6.07) is 0.913. The lowest BCUT2D eigenvalue weighted by Crippen LogP contribution is -2.54. The van der Waals surface area contributed by atoms with E-state index >= 15 is 0 Å². The molecule has 3 aliphatic heterocycles. The first-order valence-corrected chi connectivity index (χ1v) is 11.6. The van der Waals surface area contributed by atoms with Crippen molar-refractivity contribution >= 4 is 29.2 Å². The standard InChI is InChI=1S/C20H20ClF3N6O2.C2H6/c1-11-26-15-10-30(9-13(15)18(27-11)28-3-2-4-28)19(31)32-12-7-29(8-12)16-5-17(20(22,23)24)25-6-14(16)21;1-2/h5-6,12H,2-4,7-10H2,1H3;1-2H3. The summed E-state index contributed by atoms with van der Waals surface area (Å²) in [4.78, 5) is 30.5. The molecule has 8 nitrogen and oxygen atoms in total. The number of ether oxygens (including phenoxy) is 1. The number of amides is 1. The molecule has 0 saturated carbocycles. The average molecular weight is 499 g/mol. The predicted octanol–water partition coefficient (Wildman–Crippen LogP) is 4.43. The SMILES string of the molecule is CC.Cc1nc2c(c(N3CCC3)n1)CN(C(=O)OC1CN(c3cc(C(F)(F)F)ncc3Cl)C1)C2. The van der Waals surface area contributed by atoms with Gasteiger partial charge in [0.05, 0.1) is 42.6 Å². The first kappa shape index (κ1) is 24.3. The molecule has 0 unspecified atom stereocenters. The molecular formula is C22H26ClF3N6O2. The van der Waals surface area contributed by atoms with Gasteiger partial charge in [0.25, 0.3) is 0 Å². The second kappa shape index (κ2) is 9.44. The number of hydrogen-bond donors (Lipinski definition) is 0. The molecule has 0 atom stereocenters. The summed E-state index contributed by atoms with van der Waals surface area (Å²) in [5, 5.41) is 0.116. The van der Waals surface area contributed by atoms with Crippen LogP contribution in [0.2, 0.25) is 5.02 Å². The van der Waals surface area contributed by atoms with Crippen molar-refractivity contribution < 1.29 is 22.7 Å². The Labute approximate surface area is 200 Å². The van der Waals surface area contributed by atoms with E-state index < -0.39 is 24.1 Å². The Kier molecular flexibility index (Phi) is 6.75. The zero-order valence-corrected chi connectivity index (χ0v) is 19.9. The fraction of sp³-hybridized carbons (Fsp3) is 0.545. The highest BCUT2D eigenvalue weighted by Gasteiger charge is 2.38. The third kappa shape index (κ3) is 4.70. The van der Waals surface area contributed by atoms with E-state index in [1.54, 1.807) is 9.80 Å². The number of fused-ring (bicyclic) bond motifs is 1. The third-order valence-electron chi connectivity index (χ3n) is 5.87. The molecule has 184 valence electrons. The lowest BCUT2D eigenvalue weighted by Gasteiger charge is -2.41. The van der Waals surface area contributed by atoms with Gasteiger partial charge in [-0.05, 0) is 19.4 Å². The molecule has 34 heavy (non-hydrogen) atoms. The highest BCUT2D eigenvalue weighted by Crippen LogP contribution is 2.36. The molecule has 2 aromatic rings. The van der Waals surface area contributed by atoms with Crippen LogP contribution in [0.1, 0.15) is 43.0 Å². The van der Waals surface area contributed by atoms with Crippen LogP contribution in [0.25, 0.3) is 0 Å². The molecule has 3 aliphatic rings. The quantitative estimate of drug-likeness (QED) is 0.619. The number of anilines is 2. The average Bonchev–Trinajstić information content (AvgIpc) is 3.14. The lowest BCUT2D eigenvalue weighted by atomic mass is 10.1. The topological polar surface area (TPSA) is 74.7 Å². The number of halogens is 4. The summed E-state index contributed by atoms with van der Waals surface area (Å²) in [7, 11) is 0. The number of rotatable bonds is 3. The zero-order chi connectivity index (χ0) is 24.6.